The lowest BCUT2D eigenvalue weighted by atomic mass is 10.1. The van der Waals surface area contributed by atoms with Gasteiger partial charge in [-0.05, 0) is 67.9 Å². The first-order chi connectivity index (χ1) is 17.7. The number of fused-ring (bicyclic) bond motifs is 1. The summed E-state index contributed by atoms with van der Waals surface area (Å²) in [7, 11) is -2.36. The number of sulfonamides is 1. The van der Waals surface area contributed by atoms with Gasteiger partial charge in [0.25, 0.3) is 15.9 Å². The fourth-order valence-corrected chi connectivity index (χ4v) is 6.09. The smallest absolute Gasteiger partial charge is 0.269 e. The second kappa shape index (κ2) is 9.83. The molecular formula is C26H24N4O5S2. The van der Waals surface area contributed by atoms with Crippen molar-refractivity contribution in [1.29, 1.82) is 0 Å². The summed E-state index contributed by atoms with van der Waals surface area (Å²) in [6.45, 7) is 3.56. The summed E-state index contributed by atoms with van der Waals surface area (Å²) in [5, 5.41) is 11.8. The number of carbonyl (C=O) groups excluding carboxylic acids is 1. The highest BCUT2D eigenvalue weighted by Gasteiger charge is 2.38. The summed E-state index contributed by atoms with van der Waals surface area (Å²) >= 11 is 1.20. The number of hydrogen-bond acceptors (Lipinski definition) is 8. The van der Waals surface area contributed by atoms with Crippen LogP contribution in [-0.2, 0) is 14.8 Å². The molecule has 1 aromatic heterocycles. The molecule has 37 heavy (non-hydrogen) atoms. The van der Waals surface area contributed by atoms with Gasteiger partial charge in [0.2, 0.25) is 5.13 Å². The maximum Gasteiger partial charge on any atom is 0.269 e. The average Bonchev–Trinajstić information content (AvgIpc) is 3.36. The molecule has 0 bridgehead atoms. The number of rotatable bonds is 6. The van der Waals surface area contributed by atoms with Gasteiger partial charge in [-0.25, -0.2) is 8.42 Å². The number of nitrogens with one attached hydrogen (secondary N) is 1. The van der Waals surface area contributed by atoms with Crippen LogP contribution in [0.5, 0.6) is 11.5 Å². The fourth-order valence-electron chi connectivity index (χ4n) is 3.87. The van der Waals surface area contributed by atoms with E-state index in [1.165, 1.54) is 15.6 Å². The number of amides is 1. The van der Waals surface area contributed by atoms with Gasteiger partial charge in [-0.3, -0.25) is 14.4 Å². The first kappa shape index (κ1) is 24.7. The van der Waals surface area contributed by atoms with Crippen LogP contribution in [0.15, 0.2) is 71.6 Å². The zero-order valence-electron chi connectivity index (χ0n) is 20.3. The van der Waals surface area contributed by atoms with Gasteiger partial charge in [-0.2, -0.15) is 0 Å². The van der Waals surface area contributed by atoms with Crippen LogP contribution in [0, 0.1) is 13.8 Å². The zero-order chi connectivity index (χ0) is 26.2. The number of methoxy groups -OCH3 is 1. The number of nitrogens with zero attached hydrogens (tertiary/aromatic N) is 3. The van der Waals surface area contributed by atoms with Crippen LogP contribution in [0.1, 0.15) is 11.1 Å². The number of ether oxygens (including phenoxy) is 2. The van der Waals surface area contributed by atoms with Crippen molar-refractivity contribution in [2.75, 3.05) is 23.3 Å². The predicted octanol–water partition coefficient (Wildman–Crippen LogP) is 4.43. The minimum Gasteiger partial charge on any atom is -0.497 e. The molecule has 4 aromatic rings. The molecule has 1 N–H and O–H groups in total. The molecule has 11 heteroatoms. The Morgan fingerprint density at radius 2 is 1.73 bits per heavy atom. The lowest BCUT2D eigenvalue weighted by molar-refractivity contribution is -0.122. The Labute approximate surface area is 218 Å². The van der Waals surface area contributed by atoms with Crippen LogP contribution >= 0.6 is 11.3 Å². The molecule has 3 aromatic carbocycles. The molecule has 9 nitrogen and oxygen atoms in total. The molecule has 1 aliphatic heterocycles. The van der Waals surface area contributed by atoms with Gasteiger partial charge in [0.05, 0.1) is 24.2 Å². The number of benzene rings is 3. The van der Waals surface area contributed by atoms with E-state index in [0.29, 0.717) is 16.4 Å². The van der Waals surface area contributed by atoms with Crippen molar-refractivity contribution in [2.45, 2.75) is 24.8 Å². The van der Waals surface area contributed by atoms with Crippen molar-refractivity contribution in [3.8, 4) is 22.1 Å². The Bertz CT molecular complexity index is 1550. The van der Waals surface area contributed by atoms with Crippen molar-refractivity contribution < 1.29 is 22.7 Å². The summed E-state index contributed by atoms with van der Waals surface area (Å²) in [5.41, 5.74) is 3.03. The third kappa shape index (κ3) is 5.00. The molecule has 2 heterocycles. The average molecular weight is 537 g/mol. The van der Waals surface area contributed by atoms with Crippen molar-refractivity contribution in [3.05, 3.63) is 77.9 Å². The highest BCUT2D eigenvalue weighted by atomic mass is 32.2. The SMILES string of the molecule is COc1ccc(-c2nnc(NC(=O)[C@H]3CN(S(=O)(=O)c4ccc(C)cc4)c4cc(C)ccc4O3)s2)cc1. The maximum atomic E-state index is 13.6. The number of aromatic nitrogens is 2. The summed E-state index contributed by atoms with van der Waals surface area (Å²) in [5.74, 6) is 0.508. The Balaban J connectivity index is 1.40. The molecule has 1 aliphatic rings. The lowest BCUT2D eigenvalue weighted by Gasteiger charge is -2.34. The molecule has 1 amide bonds. The minimum atomic E-state index is -3.95. The summed E-state index contributed by atoms with van der Waals surface area (Å²) in [6.07, 6.45) is -1.09. The standard InChI is InChI=1S/C26H24N4O5S2/c1-16-4-11-20(12-5-16)37(32,33)30-15-23(35-22-13-6-17(2)14-21(22)30)24(31)27-26-29-28-25(36-26)18-7-9-19(34-3)10-8-18/h4-14,23H,15H2,1-3H3,(H,27,29,31)/t23-/m1/s1. The van der Waals surface area contributed by atoms with Gasteiger partial charge in [0, 0.05) is 5.56 Å². The minimum absolute atomic E-state index is 0.139. The van der Waals surface area contributed by atoms with E-state index in [2.05, 4.69) is 15.5 Å². The van der Waals surface area contributed by atoms with Gasteiger partial charge in [0.15, 0.2) is 6.10 Å². The van der Waals surface area contributed by atoms with Gasteiger partial charge in [-0.15, -0.1) is 10.2 Å². The molecule has 0 aliphatic carbocycles. The Kier molecular flexibility index (Phi) is 6.57. The molecule has 0 fully saturated rings. The summed E-state index contributed by atoms with van der Waals surface area (Å²) in [4.78, 5) is 13.3. The largest absolute Gasteiger partial charge is 0.497 e. The van der Waals surface area contributed by atoms with Gasteiger partial charge < -0.3 is 9.47 Å². The summed E-state index contributed by atoms with van der Waals surface area (Å²) < 4.78 is 39.6. The monoisotopic (exact) mass is 536 g/mol. The van der Waals surface area contributed by atoms with E-state index in [0.717, 1.165) is 22.4 Å². The van der Waals surface area contributed by atoms with E-state index >= 15 is 0 Å². The predicted molar refractivity (Wildman–Crippen MR) is 142 cm³/mol. The Morgan fingerprint density at radius 1 is 1.03 bits per heavy atom. The molecule has 0 radical (unpaired) electrons. The van der Waals surface area contributed by atoms with E-state index < -0.39 is 22.0 Å². The van der Waals surface area contributed by atoms with E-state index in [1.54, 1.807) is 43.5 Å². The second-order valence-electron chi connectivity index (χ2n) is 8.56. The molecule has 0 spiro atoms. The van der Waals surface area contributed by atoms with Crippen molar-refractivity contribution in [3.63, 3.8) is 0 Å². The van der Waals surface area contributed by atoms with Crippen molar-refractivity contribution >= 4 is 38.1 Å². The third-order valence-electron chi connectivity index (χ3n) is 5.88. The van der Waals surface area contributed by atoms with Crippen LogP contribution in [-0.4, -0.2) is 44.3 Å². The van der Waals surface area contributed by atoms with Crippen LogP contribution in [0.25, 0.3) is 10.6 Å². The molecule has 0 saturated carbocycles. The number of anilines is 2. The highest BCUT2D eigenvalue weighted by molar-refractivity contribution is 7.92. The molecule has 0 saturated heterocycles. The topological polar surface area (TPSA) is 111 Å². The number of aryl methyl sites for hydroxylation is 2. The van der Waals surface area contributed by atoms with Crippen LogP contribution in [0.2, 0.25) is 0 Å². The second-order valence-corrected chi connectivity index (χ2v) is 11.4. The molecule has 1 atom stereocenters. The van der Waals surface area contributed by atoms with Crippen molar-refractivity contribution in [2.24, 2.45) is 0 Å². The van der Waals surface area contributed by atoms with E-state index in [-0.39, 0.29) is 16.6 Å². The summed E-state index contributed by atoms with van der Waals surface area (Å²) in [6, 6.07) is 19.1. The first-order valence-corrected chi connectivity index (χ1v) is 13.7. The maximum absolute atomic E-state index is 13.6. The Morgan fingerprint density at radius 3 is 2.43 bits per heavy atom. The van der Waals surface area contributed by atoms with Gasteiger partial charge in [0.1, 0.15) is 16.5 Å². The fraction of sp³-hybridized carbons (Fsp3) is 0.192. The van der Waals surface area contributed by atoms with E-state index in [9.17, 15) is 13.2 Å². The molecule has 0 unspecified atom stereocenters. The molecular weight excluding hydrogens is 512 g/mol. The third-order valence-corrected chi connectivity index (χ3v) is 8.56. The number of hydrogen-bond donors (Lipinski definition) is 1. The first-order valence-electron chi connectivity index (χ1n) is 11.4. The Hall–Kier alpha value is -3.96. The normalized spacial score (nSPS) is 15.0. The van der Waals surface area contributed by atoms with Crippen LogP contribution in [0.3, 0.4) is 0 Å². The van der Waals surface area contributed by atoms with E-state index in [1.807, 2.05) is 44.2 Å². The zero-order valence-corrected chi connectivity index (χ0v) is 22.0. The quantitative estimate of drug-likeness (QED) is 0.388. The van der Waals surface area contributed by atoms with E-state index in [4.69, 9.17) is 9.47 Å². The molecule has 5 rings (SSSR count). The molecule has 190 valence electrons. The van der Waals surface area contributed by atoms with Crippen molar-refractivity contribution in [1.82, 2.24) is 10.2 Å². The lowest BCUT2D eigenvalue weighted by Crippen LogP contribution is -2.48. The van der Waals surface area contributed by atoms with Crippen LogP contribution < -0.4 is 19.1 Å². The highest BCUT2D eigenvalue weighted by Crippen LogP contribution is 2.38. The van der Waals surface area contributed by atoms with Gasteiger partial charge >= 0.3 is 0 Å². The van der Waals surface area contributed by atoms with Gasteiger partial charge in [-0.1, -0.05) is 35.1 Å². The van der Waals surface area contributed by atoms with Crippen LogP contribution in [0.4, 0.5) is 10.8 Å². The number of carbonyl (C=O) groups is 1.